The van der Waals surface area contributed by atoms with Crippen LogP contribution >= 0.6 is 7.82 Å². The Morgan fingerprint density at radius 1 is 0.786 bits per heavy atom. The Morgan fingerprint density at radius 3 is 1.57 bits per heavy atom. The van der Waals surface area contributed by atoms with Gasteiger partial charge in [-0.3, -0.25) is 0 Å². The largest absolute Gasteiger partial charge is 0.466 e. The van der Waals surface area contributed by atoms with Crippen molar-refractivity contribution in [3.8, 4) is 0 Å². The van der Waals surface area contributed by atoms with E-state index in [4.69, 9.17) is 24.0 Å². The van der Waals surface area contributed by atoms with Crippen LogP contribution in [0.1, 0.15) is 11.1 Å². The zero-order valence-electron chi connectivity index (χ0n) is 15.3. The highest BCUT2D eigenvalue weighted by molar-refractivity contribution is 7.45. The van der Waals surface area contributed by atoms with Crippen molar-refractivity contribution in [2.24, 2.45) is 5.41 Å². The van der Waals surface area contributed by atoms with E-state index >= 15 is 0 Å². The molecule has 0 saturated heterocycles. The second-order valence-corrected chi connectivity index (χ2v) is 7.35. The monoisotopic (exact) mass is 414 g/mol. The summed E-state index contributed by atoms with van der Waals surface area (Å²) in [6.07, 6.45) is 0.0140. The minimum atomic E-state index is -4.64. The van der Waals surface area contributed by atoms with Crippen LogP contribution in [0.15, 0.2) is 60.7 Å². The van der Waals surface area contributed by atoms with E-state index in [-0.39, 0.29) is 19.8 Å². The van der Waals surface area contributed by atoms with Crippen molar-refractivity contribution in [2.75, 3.05) is 19.8 Å². The van der Waals surface area contributed by atoms with Gasteiger partial charge in [0.05, 0.1) is 37.9 Å². The van der Waals surface area contributed by atoms with Gasteiger partial charge in [0.1, 0.15) is 0 Å². The molecule has 1 atom stereocenters. The van der Waals surface area contributed by atoms with Crippen LogP contribution in [0.5, 0.6) is 0 Å². The SMILES string of the molecule is O=P(O)(O)O.OCC(CO)(CO)C(Cc1ccccc1)OCc1ccccc1. The van der Waals surface area contributed by atoms with Crippen molar-refractivity contribution in [1.29, 1.82) is 0 Å². The number of ether oxygens (including phenoxy) is 1. The molecule has 0 aromatic heterocycles. The molecule has 0 amide bonds. The van der Waals surface area contributed by atoms with Crippen molar-refractivity contribution in [3.05, 3.63) is 71.8 Å². The van der Waals surface area contributed by atoms with E-state index in [1.165, 1.54) is 0 Å². The third kappa shape index (κ3) is 9.05. The highest BCUT2D eigenvalue weighted by atomic mass is 31.2. The molecular formula is C19H27O8P. The highest BCUT2D eigenvalue weighted by Gasteiger charge is 2.38. The van der Waals surface area contributed by atoms with Crippen LogP contribution in [0.25, 0.3) is 0 Å². The predicted octanol–water partition coefficient (Wildman–Crippen LogP) is 0.849. The molecule has 6 N–H and O–H groups in total. The van der Waals surface area contributed by atoms with Gasteiger partial charge in [-0.15, -0.1) is 0 Å². The highest BCUT2D eigenvalue weighted by Crippen LogP contribution is 2.27. The van der Waals surface area contributed by atoms with Crippen LogP contribution in [-0.2, 0) is 22.3 Å². The van der Waals surface area contributed by atoms with Gasteiger partial charge >= 0.3 is 7.82 Å². The fraction of sp³-hybridized carbons (Fsp3) is 0.368. The van der Waals surface area contributed by atoms with Gasteiger partial charge < -0.3 is 34.7 Å². The van der Waals surface area contributed by atoms with Crippen molar-refractivity contribution >= 4 is 7.82 Å². The van der Waals surface area contributed by atoms with Crippen LogP contribution in [0, 0.1) is 5.41 Å². The maximum Gasteiger partial charge on any atom is 0.466 e. The van der Waals surface area contributed by atoms with Crippen molar-refractivity contribution in [3.63, 3.8) is 0 Å². The van der Waals surface area contributed by atoms with E-state index in [1.54, 1.807) is 0 Å². The second kappa shape index (κ2) is 12.1. The van der Waals surface area contributed by atoms with E-state index in [2.05, 4.69) is 0 Å². The first-order chi connectivity index (χ1) is 13.2. The summed E-state index contributed by atoms with van der Waals surface area (Å²) in [4.78, 5) is 21.6. The quantitative estimate of drug-likeness (QED) is 0.331. The summed E-state index contributed by atoms with van der Waals surface area (Å²) in [6, 6.07) is 19.4. The van der Waals surface area contributed by atoms with Crippen molar-refractivity contribution < 1.29 is 39.3 Å². The minimum Gasteiger partial charge on any atom is -0.396 e. The Kier molecular flexibility index (Phi) is 10.5. The van der Waals surface area contributed by atoms with E-state index < -0.39 is 19.3 Å². The molecule has 0 radical (unpaired) electrons. The smallest absolute Gasteiger partial charge is 0.396 e. The van der Waals surface area contributed by atoms with Crippen LogP contribution in [-0.4, -0.2) is 55.9 Å². The molecular weight excluding hydrogens is 387 g/mol. The Bertz CT molecular complexity index is 684. The molecule has 2 rings (SSSR count). The molecule has 2 aromatic carbocycles. The lowest BCUT2D eigenvalue weighted by Crippen LogP contribution is -2.47. The Balaban J connectivity index is 0.000000696. The normalized spacial score (nSPS) is 12.8. The summed E-state index contributed by atoms with van der Waals surface area (Å²) in [6.45, 7) is -0.662. The molecule has 0 spiro atoms. The first-order valence-electron chi connectivity index (χ1n) is 8.54. The Morgan fingerprint density at radius 2 is 1.18 bits per heavy atom. The number of rotatable bonds is 9. The fourth-order valence-corrected chi connectivity index (χ4v) is 2.51. The molecule has 0 aliphatic heterocycles. The minimum absolute atomic E-state index is 0.341. The van der Waals surface area contributed by atoms with Crippen LogP contribution in [0.4, 0.5) is 0 Å². The number of hydrogen-bond donors (Lipinski definition) is 6. The number of benzene rings is 2. The molecule has 156 valence electrons. The lowest BCUT2D eigenvalue weighted by atomic mass is 9.81. The summed E-state index contributed by atoms with van der Waals surface area (Å²) in [7, 11) is -4.64. The molecule has 0 aliphatic rings. The maximum atomic E-state index is 9.72. The Hall–Kier alpha value is -1.61. The van der Waals surface area contributed by atoms with E-state index in [0.29, 0.717) is 13.0 Å². The molecule has 8 nitrogen and oxygen atoms in total. The van der Waals surface area contributed by atoms with Gasteiger partial charge in [0.25, 0.3) is 0 Å². The van der Waals surface area contributed by atoms with E-state index in [9.17, 15) is 15.3 Å². The maximum absolute atomic E-state index is 9.72. The lowest BCUT2D eigenvalue weighted by molar-refractivity contribution is -0.118. The number of aliphatic hydroxyl groups excluding tert-OH is 3. The summed E-state index contributed by atoms with van der Waals surface area (Å²) in [5, 5.41) is 29.2. The third-order valence-corrected chi connectivity index (χ3v) is 4.19. The third-order valence-electron chi connectivity index (χ3n) is 4.19. The van der Waals surface area contributed by atoms with Crippen molar-refractivity contribution in [1.82, 2.24) is 0 Å². The first kappa shape index (κ1) is 24.4. The summed E-state index contributed by atoms with van der Waals surface area (Å²) < 4.78 is 14.9. The molecule has 28 heavy (non-hydrogen) atoms. The molecule has 0 bridgehead atoms. The van der Waals surface area contributed by atoms with Gasteiger partial charge in [0.15, 0.2) is 0 Å². The van der Waals surface area contributed by atoms with Gasteiger partial charge in [-0.2, -0.15) is 0 Å². The summed E-state index contributed by atoms with van der Waals surface area (Å²) in [5.41, 5.74) is 0.962. The second-order valence-electron chi connectivity index (χ2n) is 6.32. The molecule has 0 fully saturated rings. The number of phosphoric acid groups is 1. The topological polar surface area (TPSA) is 148 Å². The first-order valence-corrected chi connectivity index (χ1v) is 10.1. The van der Waals surface area contributed by atoms with Crippen LogP contribution in [0.3, 0.4) is 0 Å². The number of aliphatic hydroxyl groups is 3. The standard InChI is InChI=1S/C19H24O4.H3O4P/c20-13-19(14-21,15-22)18(11-16-7-3-1-4-8-16)23-12-17-9-5-2-6-10-17;1-5(2,3)4/h1-10,18,20-22H,11-15H2;(H3,1,2,3,4). The summed E-state index contributed by atoms with van der Waals surface area (Å²) in [5.74, 6) is 0. The van der Waals surface area contributed by atoms with Gasteiger partial charge in [-0.05, 0) is 17.5 Å². The van der Waals surface area contributed by atoms with Gasteiger partial charge in [-0.25, -0.2) is 4.57 Å². The van der Waals surface area contributed by atoms with Crippen LogP contribution in [0.2, 0.25) is 0 Å². The Labute approximate surface area is 163 Å². The molecule has 2 aromatic rings. The average Bonchev–Trinajstić information content (AvgIpc) is 2.68. The summed E-state index contributed by atoms with van der Waals surface area (Å²) >= 11 is 0. The van der Waals surface area contributed by atoms with Crippen LogP contribution < -0.4 is 0 Å². The zero-order valence-corrected chi connectivity index (χ0v) is 16.2. The molecule has 0 saturated carbocycles. The van der Waals surface area contributed by atoms with Gasteiger partial charge in [0.2, 0.25) is 0 Å². The van der Waals surface area contributed by atoms with Crippen molar-refractivity contribution in [2.45, 2.75) is 19.1 Å². The predicted molar refractivity (Wildman–Crippen MR) is 103 cm³/mol. The van der Waals surface area contributed by atoms with E-state index in [0.717, 1.165) is 11.1 Å². The van der Waals surface area contributed by atoms with Gasteiger partial charge in [0, 0.05) is 0 Å². The molecule has 0 aliphatic carbocycles. The fourth-order valence-electron chi connectivity index (χ4n) is 2.51. The lowest BCUT2D eigenvalue weighted by Gasteiger charge is -2.36. The zero-order chi connectivity index (χ0) is 21.0. The molecule has 1 unspecified atom stereocenters. The molecule has 9 heteroatoms. The van der Waals surface area contributed by atoms with Gasteiger partial charge in [-0.1, -0.05) is 60.7 Å². The average molecular weight is 414 g/mol. The number of hydrogen-bond acceptors (Lipinski definition) is 5. The molecule has 0 heterocycles. The van der Waals surface area contributed by atoms with E-state index in [1.807, 2.05) is 60.7 Å².